The van der Waals surface area contributed by atoms with Crippen LogP contribution < -0.4 is 10.6 Å². The van der Waals surface area contributed by atoms with E-state index in [-0.39, 0.29) is 18.4 Å². The number of benzene rings is 2. The number of hydrogen-bond acceptors (Lipinski definition) is 3. The van der Waals surface area contributed by atoms with Gasteiger partial charge in [0.15, 0.2) is 0 Å². The number of carbonyl (C=O) groups excluding carboxylic acids is 2. The molecule has 2 N–H and O–H groups in total. The molecule has 0 aromatic heterocycles. The molecule has 0 radical (unpaired) electrons. The third-order valence-electron chi connectivity index (χ3n) is 4.77. The molecule has 1 saturated heterocycles. The van der Waals surface area contributed by atoms with Gasteiger partial charge in [0.25, 0.3) is 5.91 Å². The highest BCUT2D eigenvalue weighted by atomic mass is 16.2. The van der Waals surface area contributed by atoms with Crippen LogP contribution in [0.4, 0.5) is 5.69 Å². The van der Waals surface area contributed by atoms with E-state index in [1.54, 1.807) is 24.3 Å². The van der Waals surface area contributed by atoms with Crippen molar-refractivity contribution in [1.82, 2.24) is 10.2 Å². The Morgan fingerprint density at radius 2 is 1.52 bits per heavy atom. The zero-order valence-electron chi connectivity index (χ0n) is 15.6. The first kappa shape index (κ1) is 19.1. The van der Waals surface area contributed by atoms with E-state index in [0.717, 1.165) is 31.5 Å². The zero-order chi connectivity index (χ0) is 18.9. The molecule has 3 rings (SSSR count). The van der Waals surface area contributed by atoms with Crippen LogP contribution in [0, 0.1) is 0 Å². The van der Waals surface area contributed by atoms with Crippen LogP contribution in [-0.2, 0) is 11.3 Å². The first-order valence-electron chi connectivity index (χ1n) is 9.66. The summed E-state index contributed by atoms with van der Waals surface area (Å²) >= 11 is 0. The number of nitrogens with zero attached hydrogens (tertiary/aromatic N) is 1. The first-order valence-corrected chi connectivity index (χ1v) is 9.66. The summed E-state index contributed by atoms with van der Waals surface area (Å²) in [6, 6.07) is 17.1. The Kier molecular flexibility index (Phi) is 6.99. The summed E-state index contributed by atoms with van der Waals surface area (Å²) in [5.74, 6) is -0.0168. The second-order valence-corrected chi connectivity index (χ2v) is 6.92. The van der Waals surface area contributed by atoms with Gasteiger partial charge in [-0.3, -0.25) is 9.59 Å². The number of anilines is 1. The van der Waals surface area contributed by atoms with Gasteiger partial charge in [-0.15, -0.1) is 0 Å². The molecule has 0 bridgehead atoms. The molecule has 0 saturated carbocycles. The average Bonchev–Trinajstić information content (AvgIpc) is 2.98. The molecule has 142 valence electrons. The SMILES string of the molecule is O=C(CNCc1ccccc1)Nc1ccc(C(=O)N2CCCCCC2)cc1. The molecule has 0 atom stereocenters. The van der Waals surface area contributed by atoms with Crippen LogP contribution in [0.1, 0.15) is 41.6 Å². The number of carbonyl (C=O) groups is 2. The summed E-state index contributed by atoms with van der Waals surface area (Å²) in [7, 11) is 0. The van der Waals surface area contributed by atoms with Crippen LogP contribution in [-0.4, -0.2) is 36.3 Å². The molecule has 5 nitrogen and oxygen atoms in total. The van der Waals surface area contributed by atoms with E-state index in [0.29, 0.717) is 17.8 Å². The Balaban J connectivity index is 1.46. The van der Waals surface area contributed by atoms with Crippen molar-refractivity contribution in [3.63, 3.8) is 0 Å². The monoisotopic (exact) mass is 365 g/mol. The molecule has 2 aromatic carbocycles. The van der Waals surface area contributed by atoms with Crippen molar-refractivity contribution < 1.29 is 9.59 Å². The minimum atomic E-state index is -0.0995. The topological polar surface area (TPSA) is 61.4 Å². The Labute approximate surface area is 160 Å². The summed E-state index contributed by atoms with van der Waals surface area (Å²) in [4.78, 5) is 26.6. The lowest BCUT2D eigenvalue weighted by molar-refractivity contribution is -0.115. The van der Waals surface area contributed by atoms with E-state index < -0.39 is 0 Å². The Bertz CT molecular complexity index is 736. The molecule has 0 aliphatic carbocycles. The van der Waals surface area contributed by atoms with Gasteiger partial charge in [-0.05, 0) is 42.7 Å². The largest absolute Gasteiger partial charge is 0.339 e. The van der Waals surface area contributed by atoms with Crippen molar-refractivity contribution in [3.05, 3.63) is 65.7 Å². The predicted molar refractivity (Wildman–Crippen MR) is 108 cm³/mol. The van der Waals surface area contributed by atoms with Crippen molar-refractivity contribution in [2.24, 2.45) is 0 Å². The minimum absolute atomic E-state index is 0.0827. The molecule has 1 aliphatic rings. The lowest BCUT2D eigenvalue weighted by Gasteiger charge is -2.20. The van der Waals surface area contributed by atoms with Gasteiger partial charge in [0.1, 0.15) is 0 Å². The van der Waals surface area contributed by atoms with Crippen molar-refractivity contribution >= 4 is 17.5 Å². The fourth-order valence-electron chi connectivity index (χ4n) is 3.27. The summed E-state index contributed by atoms with van der Waals surface area (Å²) in [5.41, 5.74) is 2.52. The number of nitrogens with one attached hydrogen (secondary N) is 2. The standard InChI is InChI=1S/C22H27N3O2/c26-21(17-23-16-18-8-4-3-5-9-18)24-20-12-10-19(11-13-20)22(27)25-14-6-1-2-7-15-25/h3-5,8-13,23H,1-2,6-7,14-17H2,(H,24,26). The molecular weight excluding hydrogens is 338 g/mol. The predicted octanol–water partition coefficient (Wildman–Crippen LogP) is 3.43. The number of likely N-dealkylation sites (tertiary alicyclic amines) is 1. The molecule has 0 spiro atoms. The Morgan fingerprint density at radius 3 is 2.19 bits per heavy atom. The molecular formula is C22H27N3O2. The third kappa shape index (κ3) is 5.93. The van der Waals surface area contributed by atoms with E-state index in [9.17, 15) is 9.59 Å². The maximum Gasteiger partial charge on any atom is 0.253 e. The highest BCUT2D eigenvalue weighted by Gasteiger charge is 2.17. The molecule has 2 amide bonds. The number of amides is 2. The van der Waals surface area contributed by atoms with Crippen LogP contribution in [0.15, 0.2) is 54.6 Å². The van der Waals surface area contributed by atoms with E-state index in [1.165, 1.54) is 12.8 Å². The fraction of sp³-hybridized carbons (Fsp3) is 0.364. The molecule has 0 unspecified atom stereocenters. The minimum Gasteiger partial charge on any atom is -0.339 e. The fourth-order valence-corrected chi connectivity index (χ4v) is 3.27. The summed E-state index contributed by atoms with van der Waals surface area (Å²) in [6.45, 7) is 2.57. The summed E-state index contributed by atoms with van der Waals surface area (Å²) in [5, 5.41) is 5.98. The van der Waals surface area contributed by atoms with Crippen LogP contribution in [0.25, 0.3) is 0 Å². The maximum atomic E-state index is 12.6. The molecule has 5 heteroatoms. The van der Waals surface area contributed by atoms with Gasteiger partial charge >= 0.3 is 0 Å². The third-order valence-corrected chi connectivity index (χ3v) is 4.77. The van der Waals surface area contributed by atoms with Gasteiger partial charge in [-0.1, -0.05) is 43.2 Å². The molecule has 1 heterocycles. The first-order chi connectivity index (χ1) is 13.2. The van der Waals surface area contributed by atoms with Crippen LogP contribution in [0.3, 0.4) is 0 Å². The van der Waals surface area contributed by atoms with Gasteiger partial charge < -0.3 is 15.5 Å². The van der Waals surface area contributed by atoms with Crippen LogP contribution in [0.5, 0.6) is 0 Å². The van der Waals surface area contributed by atoms with Gasteiger partial charge in [0, 0.05) is 30.9 Å². The van der Waals surface area contributed by atoms with Gasteiger partial charge in [-0.2, -0.15) is 0 Å². The van der Waals surface area contributed by atoms with E-state index in [2.05, 4.69) is 10.6 Å². The second-order valence-electron chi connectivity index (χ2n) is 6.92. The van der Waals surface area contributed by atoms with Gasteiger partial charge in [-0.25, -0.2) is 0 Å². The average molecular weight is 365 g/mol. The van der Waals surface area contributed by atoms with E-state index >= 15 is 0 Å². The molecule has 1 fully saturated rings. The van der Waals surface area contributed by atoms with Crippen molar-refractivity contribution in [1.29, 1.82) is 0 Å². The number of rotatable bonds is 6. The lowest BCUT2D eigenvalue weighted by atomic mass is 10.1. The Morgan fingerprint density at radius 1 is 0.852 bits per heavy atom. The Hall–Kier alpha value is -2.66. The molecule has 2 aromatic rings. The van der Waals surface area contributed by atoms with Crippen molar-refractivity contribution in [3.8, 4) is 0 Å². The smallest absolute Gasteiger partial charge is 0.253 e. The summed E-state index contributed by atoms with van der Waals surface area (Å²) < 4.78 is 0. The lowest BCUT2D eigenvalue weighted by Crippen LogP contribution is -2.31. The highest BCUT2D eigenvalue weighted by molar-refractivity contribution is 5.96. The zero-order valence-corrected chi connectivity index (χ0v) is 15.6. The van der Waals surface area contributed by atoms with Gasteiger partial charge in [0.05, 0.1) is 6.54 Å². The van der Waals surface area contributed by atoms with Crippen LogP contribution >= 0.6 is 0 Å². The number of hydrogen-bond donors (Lipinski definition) is 2. The molecule has 1 aliphatic heterocycles. The van der Waals surface area contributed by atoms with E-state index in [4.69, 9.17) is 0 Å². The summed E-state index contributed by atoms with van der Waals surface area (Å²) in [6.07, 6.45) is 4.56. The quantitative estimate of drug-likeness (QED) is 0.824. The second kappa shape index (κ2) is 9.88. The van der Waals surface area contributed by atoms with Crippen LogP contribution in [0.2, 0.25) is 0 Å². The van der Waals surface area contributed by atoms with Gasteiger partial charge in [0.2, 0.25) is 5.91 Å². The molecule has 27 heavy (non-hydrogen) atoms. The van der Waals surface area contributed by atoms with Crippen molar-refractivity contribution in [2.45, 2.75) is 32.2 Å². The normalized spacial score (nSPS) is 14.4. The highest BCUT2D eigenvalue weighted by Crippen LogP contribution is 2.15. The maximum absolute atomic E-state index is 12.6. The van der Waals surface area contributed by atoms with Crippen molar-refractivity contribution in [2.75, 3.05) is 25.0 Å². The van der Waals surface area contributed by atoms with E-state index in [1.807, 2.05) is 35.2 Å².